The Balaban J connectivity index is 1.34. The molecule has 0 aromatic heterocycles. The summed E-state index contributed by atoms with van der Waals surface area (Å²) in [6.07, 6.45) is 7.07. The second-order valence-corrected chi connectivity index (χ2v) is 7.83. The minimum atomic E-state index is 0.0826. The zero-order chi connectivity index (χ0) is 18.4. The number of rotatable bonds is 5. The maximum atomic E-state index is 12.3. The Morgan fingerprint density at radius 1 is 1.04 bits per heavy atom. The van der Waals surface area contributed by atoms with Crippen LogP contribution < -0.4 is 10.6 Å². The van der Waals surface area contributed by atoms with Gasteiger partial charge in [0.15, 0.2) is 0 Å². The molecule has 1 aromatic carbocycles. The number of hydrogen-bond donors (Lipinski definition) is 2. The molecule has 3 amide bonds. The van der Waals surface area contributed by atoms with Gasteiger partial charge in [0.2, 0.25) is 5.91 Å². The molecule has 1 aliphatic heterocycles. The predicted molar refractivity (Wildman–Crippen MR) is 103 cm³/mol. The number of carbonyl (C=O) groups is 2. The van der Waals surface area contributed by atoms with Crippen LogP contribution in [0.15, 0.2) is 24.3 Å². The lowest BCUT2D eigenvalue weighted by molar-refractivity contribution is -0.122. The van der Waals surface area contributed by atoms with Crippen molar-refractivity contribution < 1.29 is 9.59 Å². The molecule has 1 aliphatic carbocycles. The number of carbonyl (C=O) groups excluding carboxylic acids is 2. The van der Waals surface area contributed by atoms with Crippen molar-refractivity contribution in [3.63, 3.8) is 0 Å². The Bertz CT molecular complexity index is 600. The molecule has 0 spiro atoms. The Morgan fingerprint density at radius 3 is 2.35 bits per heavy atom. The molecule has 0 bridgehead atoms. The lowest BCUT2D eigenvalue weighted by Gasteiger charge is -2.32. The van der Waals surface area contributed by atoms with Crippen LogP contribution >= 0.6 is 0 Å². The topological polar surface area (TPSA) is 61.4 Å². The Hall–Kier alpha value is -2.04. The largest absolute Gasteiger partial charge is 0.352 e. The lowest BCUT2D eigenvalue weighted by Crippen LogP contribution is -2.47. The molecule has 1 saturated carbocycles. The quantitative estimate of drug-likeness (QED) is 0.849. The third-order valence-corrected chi connectivity index (χ3v) is 5.67. The Labute approximate surface area is 156 Å². The summed E-state index contributed by atoms with van der Waals surface area (Å²) < 4.78 is 0. The maximum Gasteiger partial charge on any atom is 0.317 e. The number of benzene rings is 1. The van der Waals surface area contributed by atoms with Gasteiger partial charge < -0.3 is 15.5 Å². The van der Waals surface area contributed by atoms with E-state index in [4.69, 9.17) is 0 Å². The van der Waals surface area contributed by atoms with Gasteiger partial charge in [0.25, 0.3) is 0 Å². The van der Waals surface area contributed by atoms with Gasteiger partial charge in [0.05, 0.1) is 0 Å². The highest BCUT2D eigenvalue weighted by Crippen LogP contribution is 2.22. The molecule has 1 saturated heterocycles. The van der Waals surface area contributed by atoms with Crippen LogP contribution in [-0.2, 0) is 11.3 Å². The van der Waals surface area contributed by atoms with Gasteiger partial charge in [-0.3, -0.25) is 4.79 Å². The first-order chi connectivity index (χ1) is 12.6. The molecule has 2 N–H and O–H groups in total. The fraction of sp³-hybridized carbons (Fsp3) is 0.619. The number of nitrogens with one attached hydrogen (secondary N) is 2. The van der Waals surface area contributed by atoms with E-state index in [0.29, 0.717) is 24.9 Å². The highest BCUT2D eigenvalue weighted by molar-refractivity contribution is 5.76. The second-order valence-electron chi connectivity index (χ2n) is 7.83. The summed E-state index contributed by atoms with van der Waals surface area (Å²) in [5.41, 5.74) is 2.35. The fourth-order valence-electron chi connectivity index (χ4n) is 3.92. The zero-order valence-corrected chi connectivity index (χ0v) is 15.8. The first-order valence-electron chi connectivity index (χ1n) is 9.98. The molecule has 26 heavy (non-hydrogen) atoms. The maximum absolute atomic E-state index is 12.3. The molecule has 1 aromatic rings. The summed E-state index contributed by atoms with van der Waals surface area (Å²) in [5, 5.41) is 6.17. The van der Waals surface area contributed by atoms with Crippen molar-refractivity contribution in [3.05, 3.63) is 35.4 Å². The van der Waals surface area contributed by atoms with E-state index in [1.54, 1.807) is 0 Å². The molecular weight excluding hydrogens is 326 g/mol. The van der Waals surface area contributed by atoms with Gasteiger partial charge in [-0.2, -0.15) is 0 Å². The number of amides is 3. The van der Waals surface area contributed by atoms with E-state index >= 15 is 0 Å². The van der Waals surface area contributed by atoms with Crippen LogP contribution in [0.5, 0.6) is 0 Å². The monoisotopic (exact) mass is 357 g/mol. The summed E-state index contributed by atoms with van der Waals surface area (Å²) in [5.74, 6) is 0.489. The molecule has 5 nitrogen and oxygen atoms in total. The van der Waals surface area contributed by atoms with Crippen LogP contribution in [0.4, 0.5) is 4.79 Å². The molecule has 0 unspecified atom stereocenters. The highest BCUT2D eigenvalue weighted by Gasteiger charge is 2.26. The summed E-state index contributed by atoms with van der Waals surface area (Å²) in [4.78, 5) is 26.4. The van der Waals surface area contributed by atoms with Gasteiger partial charge in [0, 0.05) is 32.1 Å². The molecule has 5 heteroatoms. The van der Waals surface area contributed by atoms with Gasteiger partial charge in [-0.25, -0.2) is 4.79 Å². The summed E-state index contributed by atoms with van der Waals surface area (Å²) >= 11 is 0. The number of nitrogens with zero attached hydrogens (tertiary/aromatic N) is 1. The minimum Gasteiger partial charge on any atom is -0.352 e. The molecule has 3 rings (SSSR count). The number of urea groups is 1. The van der Waals surface area contributed by atoms with Gasteiger partial charge in [-0.1, -0.05) is 42.7 Å². The van der Waals surface area contributed by atoms with Crippen molar-refractivity contribution in [2.24, 2.45) is 5.92 Å². The van der Waals surface area contributed by atoms with Gasteiger partial charge >= 0.3 is 6.03 Å². The highest BCUT2D eigenvalue weighted by atomic mass is 16.2. The van der Waals surface area contributed by atoms with E-state index in [9.17, 15) is 9.59 Å². The van der Waals surface area contributed by atoms with E-state index in [2.05, 4.69) is 41.8 Å². The average molecular weight is 357 g/mol. The van der Waals surface area contributed by atoms with Crippen molar-refractivity contribution in [1.82, 2.24) is 15.5 Å². The SMILES string of the molecule is Cc1ccc(CNC(=O)CC2CCN(C(=O)NC3CCCC3)CC2)cc1. The smallest absolute Gasteiger partial charge is 0.317 e. The molecule has 2 aliphatic rings. The molecular formula is C21H31N3O2. The van der Waals surface area contributed by atoms with Crippen molar-refractivity contribution in [1.29, 1.82) is 0 Å². The van der Waals surface area contributed by atoms with E-state index in [0.717, 1.165) is 44.3 Å². The third-order valence-electron chi connectivity index (χ3n) is 5.67. The van der Waals surface area contributed by atoms with Crippen molar-refractivity contribution in [2.45, 2.75) is 64.5 Å². The standard InChI is InChI=1S/C21H31N3O2/c1-16-6-8-18(9-7-16)15-22-20(25)14-17-10-12-24(13-11-17)21(26)23-19-4-2-3-5-19/h6-9,17,19H,2-5,10-15H2,1H3,(H,22,25)(H,23,26). The van der Waals surface area contributed by atoms with Gasteiger partial charge in [0.1, 0.15) is 0 Å². The third kappa shape index (κ3) is 5.48. The number of aryl methyl sites for hydroxylation is 1. The van der Waals surface area contributed by atoms with Crippen LogP contribution in [0, 0.1) is 12.8 Å². The normalized spacial score (nSPS) is 18.7. The Kier molecular flexibility index (Phi) is 6.53. The first kappa shape index (κ1) is 18.7. The van der Waals surface area contributed by atoms with Crippen LogP contribution in [-0.4, -0.2) is 36.0 Å². The van der Waals surface area contributed by atoms with E-state index in [1.807, 2.05) is 4.90 Å². The molecule has 0 radical (unpaired) electrons. The van der Waals surface area contributed by atoms with Crippen LogP contribution in [0.1, 0.15) is 56.1 Å². The van der Waals surface area contributed by atoms with E-state index in [1.165, 1.54) is 18.4 Å². The number of hydrogen-bond acceptors (Lipinski definition) is 2. The summed E-state index contributed by atoms with van der Waals surface area (Å²) in [6.45, 7) is 4.16. The van der Waals surface area contributed by atoms with Crippen LogP contribution in [0.3, 0.4) is 0 Å². The van der Waals surface area contributed by atoms with E-state index in [-0.39, 0.29) is 11.9 Å². The van der Waals surface area contributed by atoms with Crippen molar-refractivity contribution in [3.8, 4) is 0 Å². The van der Waals surface area contributed by atoms with E-state index < -0.39 is 0 Å². The average Bonchev–Trinajstić information content (AvgIpc) is 3.15. The fourth-order valence-corrected chi connectivity index (χ4v) is 3.92. The van der Waals surface area contributed by atoms with Crippen molar-refractivity contribution in [2.75, 3.05) is 13.1 Å². The van der Waals surface area contributed by atoms with Crippen LogP contribution in [0.2, 0.25) is 0 Å². The number of likely N-dealkylation sites (tertiary alicyclic amines) is 1. The molecule has 142 valence electrons. The number of piperidine rings is 1. The molecule has 0 atom stereocenters. The predicted octanol–water partition coefficient (Wildman–Crippen LogP) is 3.37. The van der Waals surface area contributed by atoms with Crippen LogP contribution in [0.25, 0.3) is 0 Å². The zero-order valence-electron chi connectivity index (χ0n) is 15.8. The Morgan fingerprint density at radius 2 is 1.69 bits per heavy atom. The summed E-state index contributed by atoms with van der Waals surface area (Å²) in [7, 11) is 0. The first-order valence-corrected chi connectivity index (χ1v) is 9.98. The van der Waals surface area contributed by atoms with Gasteiger partial charge in [-0.05, 0) is 44.1 Å². The van der Waals surface area contributed by atoms with Gasteiger partial charge in [-0.15, -0.1) is 0 Å². The minimum absolute atomic E-state index is 0.0826. The van der Waals surface area contributed by atoms with Crippen molar-refractivity contribution >= 4 is 11.9 Å². The molecule has 2 fully saturated rings. The summed E-state index contributed by atoms with van der Waals surface area (Å²) in [6, 6.07) is 8.68. The second kappa shape index (κ2) is 9.06. The lowest BCUT2D eigenvalue weighted by atomic mass is 9.93. The molecule has 1 heterocycles.